The molecule has 3 aromatic rings. The topological polar surface area (TPSA) is 86.9 Å². The van der Waals surface area contributed by atoms with Crippen LogP contribution in [0.4, 0.5) is 5.95 Å². The van der Waals surface area contributed by atoms with Crippen molar-refractivity contribution in [2.75, 3.05) is 11.9 Å². The van der Waals surface area contributed by atoms with Gasteiger partial charge in [0, 0.05) is 18.5 Å². The van der Waals surface area contributed by atoms with Crippen molar-refractivity contribution in [3.05, 3.63) is 48.0 Å². The summed E-state index contributed by atoms with van der Waals surface area (Å²) in [5.74, 6) is 1.69. The number of nitrogens with one attached hydrogen (secondary N) is 3. The summed E-state index contributed by atoms with van der Waals surface area (Å²) >= 11 is 0. The minimum absolute atomic E-state index is 0.0114. The molecule has 174 valence electrons. The minimum Gasteiger partial charge on any atom is -0.352 e. The average molecular weight is 447 g/mol. The highest BCUT2D eigenvalue weighted by Crippen LogP contribution is 2.29. The van der Waals surface area contributed by atoms with E-state index in [4.69, 9.17) is 0 Å². The molecule has 0 saturated heterocycles. The number of aromatic amines is 1. The Bertz CT molecular complexity index is 1110. The number of anilines is 1. The number of benzene rings is 2. The van der Waals surface area contributed by atoms with Crippen molar-refractivity contribution < 1.29 is 9.59 Å². The van der Waals surface area contributed by atoms with Gasteiger partial charge in [-0.05, 0) is 60.1 Å². The summed E-state index contributed by atoms with van der Waals surface area (Å²) in [7, 11) is 0. The van der Waals surface area contributed by atoms with Gasteiger partial charge in [-0.1, -0.05) is 57.7 Å². The molecule has 0 spiro atoms. The Balaban J connectivity index is 1.41. The lowest BCUT2D eigenvalue weighted by Crippen LogP contribution is -2.25. The van der Waals surface area contributed by atoms with Crippen LogP contribution in [0.3, 0.4) is 0 Å². The second kappa shape index (κ2) is 10.6. The van der Waals surface area contributed by atoms with E-state index in [-0.39, 0.29) is 11.8 Å². The maximum Gasteiger partial charge on any atom is 0.251 e. The highest BCUT2D eigenvalue weighted by atomic mass is 16.2. The Labute approximate surface area is 195 Å². The molecule has 0 atom stereocenters. The molecule has 6 nitrogen and oxygen atoms in total. The highest BCUT2D eigenvalue weighted by Gasteiger charge is 2.17. The van der Waals surface area contributed by atoms with Gasteiger partial charge in [-0.25, -0.2) is 4.98 Å². The molecule has 1 aliphatic carbocycles. The van der Waals surface area contributed by atoms with E-state index in [1.807, 2.05) is 42.5 Å². The summed E-state index contributed by atoms with van der Waals surface area (Å²) in [6.07, 6.45) is 7.55. The molecule has 1 aliphatic rings. The normalized spacial score (nSPS) is 14.2. The number of fused-ring (bicyclic) bond motifs is 1. The number of amides is 2. The van der Waals surface area contributed by atoms with Crippen LogP contribution in [0.2, 0.25) is 0 Å². The summed E-state index contributed by atoms with van der Waals surface area (Å²) in [6.45, 7) is 4.97. The van der Waals surface area contributed by atoms with Gasteiger partial charge in [0.05, 0.1) is 11.0 Å². The van der Waals surface area contributed by atoms with E-state index in [0.717, 1.165) is 35.0 Å². The zero-order chi connectivity index (χ0) is 23.2. The van der Waals surface area contributed by atoms with Gasteiger partial charge in [-0.2, -0.15) is 0 Å². The van der Waals surface area contributed by atoms with Crippen LogP contribution in [-0.2, 0) is 4.79 Å². The van der Waals surface area contributed by atoms with E-state index >= 15 is 0 Å². The Hall–Kier alpha value is -3.15. The Kier molecular flexibility index (Phi) is 7.43. The molecule has 0 bridgehead atoms. The summed E-state index contributed by atoms with van der Waals surface area (Å²) in [6, 6.07) is 13.6. The largest absolute Gasteiger partial charge is 0.352 e. The molecule has 4 rings (SSSR count). The van der Waals surface area contributed by atoms with Crippen molar-refractivity contribution in [1.29, 1.82) is 0 Å². The number of rotatable bonds is 9. The van der Waals surface area contributed by atoms with Gasteiger partial charge in [-0.15, -0.1) is 0 Å². The van der Waals surface area contributed by atoms with Crippen molar-refractivity contribution in [2.45, 2.75) is 58.8 Å². The molecule has 0 unspecified atom stereocenters. The van der Waals surface area contributed by atoms with Gasteiger partial charge in [0.25, 0.3) is 5.91 Å². The quantitative estimate of drug-likeness (QED) is 0.382. The van der Waals surface area contributed by atoms with Crippen LogP contribution in [0.1, 0.15) is 69.2 Å². The molecule has 2 amide bonds. The zero-order valence-electron chi connectivity index (χ0n) is 19.6. The van der Waals surface area contributed by atoms with Crippen LogP contribution in [0, 0.1) is 11.8 Å². The van der Waals surface area contributed by atoms with Crippen LogP contribution in [0.25, 0.3) is 22.2 Å². The maximum absolute atomic E-state index is 12.5. The minimum atomic E-state index is -0.0530. The molecule has 1 heterocycles. The lowest BCUT2D eigenvalue weighted by Gasteiger charge is -2.09. The number of carbonyl (C=O) groups is 2. The first kappa shape index (κ1) is 23.0. The molecule has 0 aliphatic heterocycles. The van der Waals surface area contributed by atoms with Crippen LogP contribution in [-0.4, -0.2) is 28.3 Å². The Morgan fingerprint density at radius 2 is 1.88 bits per heavy atom. The maximum atomic E-state index is 12.5. The van der Waals surface area contributed by atoms with Crippen molar-refractivity contribution in [3.63, 3.8) is 0 Å². The first-order chi connectivity index (χ1) is 16.0. The Morgan fingerprint density at radius 1 is 1.09 bits per heavy atom. The Morgan fingerprint density at radius 3 is 2.67 bits per heavy atom. The van der Waals surface area contributed by atoms with Crippen LogP contribution < -0.4 is 10.6 Å². The molecule has 1 fully saturated rings. The first-order valence-electron chi connectivity index (χ1n) is 12.2. The third-order valence-corrected chi connectivity index (χ3v) is 6.46. The molecule has 6 heteroatoms. The third kappa shape index (κ3) is 6.21. The smallest absolute Gasteiger partial charge is 0.251 e. The zero-order valence-corrected chi connectivity index (χ0v) is 19.6. The van der Waals surface area contributed by atoms with Gasteiger partial charge in [0.2, 0.25) is 11.9 Å². The molecule has 1 aromatic heterocycles. The molecular weight excluding hydrogens is 412 g/mol. The van der Waals surface area contributed by atoms with E-state index in [2.05, 4.69) is 34.4 Å². The van der Waals surface area contributed by atoms with Gasteiger partial charge in [0.15, 0.2) is 0 Å². The monoisotopic (exact) mass is 446 g/mol. The SMILES string of the molecule is CC(C)CCNC(=O)c1cccc(-c2ccc3nc(NC(=O)CCC4CCCC4)[nH]c3c2)c1. The van der Waals surface area contributed by atoms with Crippen LogP contribution in [0.5, 0.6) is 0 Å². The van der Waals surface area contributed by atoms with E-state index in [0.29, 0.717) is 36.3 Å². The van der Waals surface area contributed by atoms with Crippen LogP contribution >= 0.6 is 0 Å². The third-order valence-electron chi connectivity index (χ3n) is 6.46. The number of hydrogen-bond acceptors (Lipinski definition) is 3. The first-order valence-corrected chi connectivity index (χ1v) is 12.2. The van der Waals surface area contributed by atoms with Gasteiger partial charge in [-0.3, -0.25) is 14.9 Å². The number of carbonyl (C=O) groups excluding carboxylic acids is 2. The summed E-state index contributed by atoms with van der Waals surface area (Å²) in [5.41, 5.74) is 4.25. The fourth-order valence-electron chi connectivity index (χ4n) is 4.49. The predicted octanol–water partition coefficient (Wildman–Crippen LogP) is 5.91. The number of hydrogen-bond donors (Lipinski definition) is 3. The fraction of sp³-hybridized carbons (Fsp3) is 0.444. The lowest BCUT2D eigenvalue weighted by atomic mass is 10.0. The van der Waals surface area contributed by atoms with E-state index in [1.165, 1.54) is 25.7 Å². The van der Waals surface area contributed by atoms with Crippen LogP contribution in [0.15, 0.2) is 42.5 Å². The van der Waals surface area contributed by atoms with Gasteiger partial charge in [0.1, 0.15) is 0 Å². The highest BCUT2D eigenvalue weighted by molar-refractivity contribution is 5.96. The summed E-state index contributed by atoms with van der Waals surface area (Å²) in [4.78, 5) is 32.6. The second-order valence-corrected chi connectivity index (χ2v) is 9.57. The summed E-state index contributed by atoms with van der Waals surface area (Å²) < 4.78 is 0. The molecule has 1 saturated carbocycles. The number of H-pyrrole nitrogens is 1. The predicted molar refractivity (Wildman–Crippen MR) is 133 cm³/mol. The standard InChI is InChI=1S/C27H34N4O2/c1-18(2)14-15-28-26(33)22-9-5-8-20(16-22)21-11-12-23-24(17-21)30-27(29-23)31-25(32)13-10-19-6-3-4-7-19/h5,8-9,11-12,16-19H,3-4,6-7,10,13-15H2,1-2H3,(H,28,33)(H2,29,30,31,32). The number of imidazole rings is 1. The van der Waals surface area contributed by atoms with Crippen molar-refractivity contribution in [3.8, 4) is 11.1 Å². The van der Waals surface area contributed by atoms with Crippen molar-refractivity contribution >= 4 is 28.8 Å². The fourth-order valence-corrected chi connectivity index (χ4v) is 4.49. The van der Waals surface area contributed by atoms with Crippen molar-refractivity contribution in [2.24, 2.45) is 11.8 Å². The van der Waals surface area contributed by atoms with E-state index < -0.39 is 0 Å². The van der Waals surface area contributed by atoms with Crippen molar-refractivity contribution in [1.82, 2.24) is 15.3 Å². The lowest BCUT2D eigenvalue weighted by molar-refractivity contribution is -0.116. The van der Waals surface area contributed by atoms with E-state index in [9.17, 15) is 9.59 Å². The number of nitrogens with zero attached hydrogens (tertiary/aromatic N) is 1. The molecular formula is C27H34N4O2. The van der Waals surface area contributed by atoms with Gasteiger partial charge < -0.3 is 10.3 Å². The molecule has 2 aromatic carbocycles. The summed E-state index contributed by atoms with van der Waals surface area (Å²) in [5, 5.41) is 5.90. The second-order valence-electron chi connectivity index (χ2n) is 9.57. The molecule has 0 radical (unpaired) electrons. The molecule has 3 N–H and O–H groups in total. The molecule has 33 heavy (non-hydrogen) atoms. The van der Waals surface area contributed by atoms with Gasteiger partial charge >= 0.3 is 0 Å². The average Bonchev–Trinajstić information content (AvgIpc) is 3.46. The van der Waals surface area contributed by atoms with E-state index in [1.54, 1.807) is 0 Å². The number of aromatic nitrogens is 2.